The van der Waals surface area contributed by atoms with Crippen molar-refractivity contribution in [2.24, 2.45) is 0 Å². The third kappa shape index (κ3) is 3.45. The van der Waals surface area contributed by atoms with E-state index in [-0.39, 0.29) is 17.2 Å². The Labute approximate surface area is 120 Å². The van der Waals surface area contributed by atoms with Gasteiger partial charge in [-0.3, -0.25) is 0 Å². The number of benzene rings is 2. The molecule has 0 spiro atoms. The lowest BCUT2D eigenvalue weighted by Gasteiger charge is -2.14. The first-order valence-electron chi connectivity index (χ1n) is 5.80. The van der Waals surface area contributed by atoms with Crippen LogP contribution < -0.4 is 14.8 Å². The summed E-state index contributed by atoms with van der Waals surface area (Å²) in [5.74, 6) is -0.870. The molecule has 0 aliphatic rings. The largest absolute Gasteiger partial charge is 0.490 e. The molecule has 0 amide bonds. The van der Waals surface area contributed by atoms with E-state index in [1.165, 1.54) is 31.4 Å². The van der Waals surface area contributed by atoms with Gasteiger partial charge in [-0.1, -0.05) is 12.1 Å². The molecule has 0 radical (unpaired) electrons. The van der Waals surface area contributed by atoms with Gasteiger partial charge in [-0.2, -0.15) is 13.2 Å². The van der Waals surface area contributed by atoms with Crippen molar-refractivity contribution >= 4 is 14.5 Å². The Morgan fingerprint density at radius 1 is 1.05 bits per heavy atom. The summed E-state index contributed by atoms with van der Waals surface area (Å²) in [5.41, 5.74) is -0.848. The molecular weight excluding hydrogens is 307 g/mol. The van der Waals surface area contributed by atoms with Crippen molar-refractivity contribution in [2.45, 2.75) is 6.18 Å². The van der Waals surface area contributed by atoms with E-state index in [1.54, 1.807) is 0 Å². The van der Waals surface area contributed by atoms with Crippen LogP contribution in [0.5, 0.6) is 17.2 Å². The Kier molecular flexibility index (Phi) is 4.37. The number of halogens is 4. The van der Waals surface area contributed by atoms with E-state index in [9.17, 15) is 17.6 Å². The first-order chi connectivity index (χ1) is 9.82. The second kappa shape index (κ2) is 5.90. The Morgan fingerprint density at radius 2 is 1.76 bits per heavy atom. The van der Waals surface area contributed by atoms with Crippen LogP contribution in [0.2, 0.25) is 0 Å². The average molecular weight is 318 g/mol. The first kappa shape index (κ1) is 15.6. The van der Waals surface area contributed by atoms with Crippen LogP contribution in [0, 0.1) is 5.82 Å². The van der Waals surface area contributed by atoms with E-state index in [0.29, 0.717) is 5.30 Å². The van der Waals surface area contributed by atoms with E-state index in [4.69, 9.17) is 9.47 Å². The second-order valence-corrected chi connectivity index (χ2v) is 4.75. The minimum Gasteiger partial charge on any atom is -0.490 e. The van der Waals surface area contributed by atoms with E-state index < -0.39 is 17.6 Å². The summed E-state index contributed by atoms with van der Waals surface area (Å²) >= 11 is 0. The number of para-hydroxylation sites is 1. The number of alkyl halides is 3. The van der Waals surface area contributed by atoms with Gasteiger partial charge in [0.2, 0.25) is 0 Å². The molecular formula is C14H11F4O2P. The molecule has 2 nitrogen and oxygen atoms in total. The molecule has 112 valence electrons. The molecule has 0 aliphatic carbocycles. The van der Waals surface area contributed by atoms with Crippen molar-refractivity contribution in [3.05, 3.63) is 47.8 Å². The maximum absolute atomic E-state index is 13.5. The molecule has 0 fully saturated rings. The van der Waals surface area contributed by atoms with Gasteiger partial charge in [0.25, 0.3) is 0 Å². The van der Waals surface area contributed by atoms with Crippen molar-refractivity contribution < 1.29 is 27.0 Å². The molecule has 2 rings (SSSR count). The van der Waals surface area contributed by atoms with Gasteiger partial charge in [0.1, 0.15) is 5.75 Å². The highest BCUT2D eigenvalue weighted by Crippen LogP contribution is 2.36. The van der Waals surface area contributed by atoms with Crippen LogP contribution in [0.4, 0.5) is 17.6 Å². The number of hydrogen-bond donors (Lipinski definition) is 0. The molecule has 1 atom stereocenters. The lowest BCUT2D eigenvalue weighted by atomic mass is 10.2. The van der Waals surface area contributed by atoms with Crippen molar-refractivity contribution in [1.29, 1.82) is 0 Å². The first-order valence-corrected chi connectivity index (χ1v) is 6.37. The average Bonchev–Trinajstić information content (AvgIpc) is 2.40. The zero-order valence-electron chi connectivity index (χ0n) is 10.9. The van der Waals surface area contributed by atoms with Crippen LogP contribution >= 0.6 is 9.24 Å². The summed E-state index contributed by atoms with van der Waals surface area (Å²) in [6.45, 7) is 0. The van der Waals surface area contributed by atoms with E-state index in [1.807, 2.05) is 0 Å². The normalized spacial score (nSPS) is 11.3. The summed E-state index contributed by atoms with van der Waals surface area (Å²) in [6, 6.07) is 7.01. The third-order valence-corrected chi connectivity index (χ3v) is 3.17. The third-order valence-electron chi connectivity index (χ3n) is 2.70. The molecule has 0 bridgehead atoms. The minimum atomic E-state index is -4.48. The Balaban J connectivity index is 2.42. The zero-order chi connectivity index (χ0) is 15.6. The van der Waals surface area contributed by atoms with Gasteiger partial charge in [0.05, 0.1) is 12.7 Å². The second-order valence-electron chi connectivity index (χ2n) is 4.12. The van der Waals surface area contributed by atoms with Crippen LogP contribution in [-0.2, 0) is 6.18 Å². The Hall–Kier alpha value is -1.81. The summed E-state index contributed by atoms with van der Waals surface area (Å²) in [5, 5.41) is 0.411. The monoisotopic (exact) mass is 318 g/mol. The van der Waals surface area contributed by atoms with Crippen LogP contribution in [0.3, 0.4) is 0 Å². The summed E-state index contributed by atoms with van der Waals surface area (Å²) in [4.78, 5) is 0. The predicted molar refractivity (Wildman–Crippen MR) is 73.8 cm³/mol. The maximum atomic E-state index is 13.5. The van der Waals surface area contributed by atoms with Gasteiger partial charge in [-0.05, 0) is 24.3 Å². The van der Waals surface area contributed by atoms with Crippen molar-refractivity contribution in [2.75, 3.05) is 7.11 Å². The summed E-state index contributed by atoms with van der Waals surface area (Å²) in [7, 11) is 3.51. The van der Waals surface area contributed by atoms with Crippen molar-refractivity contribution in [3.8, 4) is 17.2 Å². The van der Waals surface area contributed by atoms with E-state index in [2.05, 4.69) is 9.24 Å². The molecule has 0 N–H and O–H groups in total. The number of rotatable bonds is 3. The highest BCUT2D eigenvalue weighted by Gasteiger charge is 2.31. The minimum absolute atomic E-state index is 0.000486. The lowest BCUT2D eigenvalue weighted by molar-refractivity contribution is -0.137. The van der Waals surface area contributed by atoms with Gasteiger partial charge in [0.15, 0.2) is 17.3 Å². The SMILES string of the molecule is COc1c(F)cccc1Oc1cc(C(F)(F)F)ccc1P. The van der Waals surface area contributed by atoms with Crippen LogP contribution in [-0.4, -0.2) is 7.11 Å². The summed E-state index contributed by atoms with van der Waals surface area (Å²) in [6.07, 6.45) is -4.48. The lowest BCUT2D eigenvalue weighted by Crippen LogP contribution is -2.08. The Bertz CT molecular complexity index is 656. The molecule has 21 heavy (non-hydrogen) atoms. The summed E-state index contributed by atoms with van der Waals surface area (Å²) < 4.78 is 61.9. The number of ether oxygens (including phenoxy) is 2. The van der Waals surface area contributed by atoms with E-state index in [0.717, 1.165) is 12.1 Å². The van der Waals surface area contributed by atoms with Gasteiger partial charge >= 0.3 is 6.18 Å². The quantitative estimate of drug-likeness (QED) is 0.625. The fourth-order valence-electron chi connectivity index (χ4n) is 1.69. The van der Waals surface area contributed by atoms with Crippen molar-refractivity contribution in [3.63, 3.8) is 0 Å². The Morgan fingerprint density at radius 3 is 2.38 bits per heavy atom. The molecule has 0 aliphatic heterocycles. The molecule has 0 heterocycles. The zero-order valence-corrected chi connectivity index (χ0v) is 12.0. The van der Waals surface area contributed by atoms with E-state index >= 15 is 0 Å². The molecule has 7 heteroatoms. The predicted octanol–water partition coefficient (Wildman–Crippen LogP) is 4.15. The van der Waals surface area contributed by atoms with Crippen LogP contribution in [0.1, 0.15) is 5.56 Å². The standard InChI is InChI=1S/C14H11F4O2P/c1-19-13-9(15)3-2-4-10(13)20-11-7-8(14(16,17)18)5-6-12(11)21/h2-7H,21H2,1H3. The highest BCUT2D eigenvalue weighted by atomic mass is 31.0. The van der Waals surface area contributed by atoms with Crippen molar-refractivity contribution in [1.82, 2.24) is 0 Å². The molecule has 2 aromatic carbocycles. The fraction of sp³-hybridized carbons (Fsp3) is 0.143. The molecule has 2 aromatic rings. The molecule has 0 saturated heterocycles. The number of methoxy groups -OCH3 is 1. The van der Waals surface area contributed by atoms with Crippen LogP contribution in [0.15, 0.2) is 36.4 Å². The maximum Gasteiger partial charge on any atom is 0.416 e. The highest BCUT2D eigenvalue weighted by molar-refractivity contribution is 7.27. The fourth-order valence-corrected chi connectivity index (χ4v) is 1.92. The molecule has 0 aromatic heterocycles. The van der Waals surface area contributed by atoms with Gasteiger partial charge in [0, 0.05) is 5.30 Å². The van der Waals surface area contributed by atoms with Crippen LogP contribution in [0.25, 0.3) is 0 Å². The van der Waals surface area contributed by atoms with Gasteiger partial charge in [-0.15, -0.1) is 9.24 Å². The number of hydrogen-bond acceptors (Lipinski definition) is 2. The molecule has 1 unspecified atom stereocenters. The topological polar surface area (TPSA) is 18.5 Å². The smallest absolute Gasteiger partial charge is 0.416 e. The molecule has 0 saturated carbocycles. The van der Waals surface area contributed by atoms with Gasteiger partial charge < -0.3 is 9.47 Å². The van der Waals surface area contributed by atoms with Gasteiger partial charge in [-0.25, -0.2) is 4.39 Å².